The van der Waals surface area contributed by atoms with Crippen molar-refractivity contribution in [2.75, 3.05) is 0 Å². The second-order valence-corrected chi connectivity index (χ2v) is 5.08. The Hall–Kier alpha value is -0.930. The summed E-state index contributed by atoms with van der Waals surface area (Å²) in [7, 11) is 0. The fourth-order valence-corrected chi connectivity index (χ4v) is 2.52. The van der Waals surface area contributed by atoms with Crippen molar-refractivity contribution >= 4 is 0 Å². The molecule has 2 unspecified atom stereocenters. The maximum atomic E-state index is 5.73. The maximum absolute atomic E-state index is 5.73. The van der Waals surface area contributed by atoms with E-state index in [0.29, 0.717) is 18.2 Å². The van der Waals surface area contributed by atoms with E-state index in [4.69, 9.17) is 4.74 Å². The van der Waals surface area contributed by atoms with Gasteiger partial charge in [0.2, 0.25) is 0 Å². The zero-order valence-electron chi connectivity index (χ0n) is 10.9. The highest BCUT2D eigenvalue weighted by Crippen LogP contribution is 2.19. The summed E-state index contributed by atoms with van der Waals surface area (Å²) in [5.74, 6) is 0. The first-order valence-corrected chi connectivity index (χ1v) is 6.45. The molecule has 94 valence electrons. The van der Waals surface area contributed by atoms with Crippen molar-refractivity contribution in [2.45, 2.75) is 58.4 Å². The first-order chi connectivity index (χ1) is 8.13. The maximum Gasteiger partial charge on any atom is 0.0565 e. The fraction of sp³-hybridized carbons (Fsp3) is 0.643. The molecule has 0 spiro atoms. The van der Waals surface area contributed by atoms with Crippen molar-refractivity contribution in [3.8, 4) is 0 Å². The van der Waals surface area contributed by atoms with Gasteiger partial charge in [0.1, 0.15) is 0 Å². The molecule has 17 heavy (non-hydrogen) atoms. The number of ether oxygens (including phenoxy) is 1. The van der Waals surface area contributed by atoms with E-state index in [0.717, 1.165) is 30.8 Å². The molecule has 0 radical (unpaired) electrons. The van der Waals surface area contributed by atoms with Crippen LogP contribution in [0.3, 0.4) is 0 Å². The van der Waals surface area contributed by atoms with E-state index >= 15 is 0 Å². The molecule has 2 rings (SSSR count). The molecule has 1 aromatic rings. The molecule has 0 bridgehead atoms. The van der Waals surface area contributed by atoms with Gasteiger partial charge in [0.15, 0.2) is 0 Å². The molecule has 1 aliphatic heterocycles. The predicted octanol–water partition coefficient (Wildman–Crippen LogP) is 2.44. The average molecular weight is 234 g/mol. The van der Waals surface area contributed by atoms with Crippen molar-refractivity contribution in [2.24, 2.45) is 0 Å². The molecule has 1 fully saturated rings. The summed E-state index contributed by atoms with van der Waals surface area (Å²) in [4.78, 5) is 4.50. The van der Waals surface area contributed by atoms with Crippen LogP contribution in [0.5, 0.6) is 0 Å². The highest BCUT2D eigenvalue weighted by atomic mass is 16.5. The van der Waals surface area contributed by atoms with Crippen LogP contribution in [-0.2, 0) is 11.3 Å². The van der Waals surface area contributed by atoms with Gasteiger partial charge in [-0.2, -0.15) is 0 Å². The number of hydrogen-bond donors (Lipinski definition) is 1. The lowest BCUT2D eigenvalue weighted by atomic mass is 10.00. The lowest BCUT2D eigenvalue weighted by Crippen LogP contribution is -2.41. The fourth-order valence-electron chi connectivity index (χ4n) is 2.52. The van der Waals surface area contributed by atoms with E-state index in [9.17, 15) is 0 Å². The summed E-state index contributed by atoms with van der Waals surface area (Å²) in [6.45, 7) is 7.18. The number of aromatic nitrogens is 1. The van der Waals surface area contributed by atoms with Gasteiger partial charge in [-0.15, -0.1) is 0 Å². The molecule has 0 aromatic carbocycles. The lowest BCUT2D eigenvalue weighted by molar-refractivity contribution is -0.0423. The van der Waals surface area contributed by atoms with Crippen molar-refractivity contribution in [1.29, 1.82) is 0 Å². The predicted molar refractivity (Wildman–Crippen MR) is 68.8 cm³/mol. The summed E-state index contributed by atoms with van der Waals surface area (Å²) in [5.41, 5.74) is 2.20. The van der Waals surface area contributed by atoms with Crippen LogP contribution < -0.4 is 5.32 Å². The third-order valence-corrected chi connectivity index (χ3v) is 3.22. The number of aryl methyl sites for hydroxylation is 1. The quantitative estimate of drug-likeness (QED) is 0.872. The third kappa shape index (κ3) is 3.79. The Bertz CT molecular complexity index is 357. The molecule has 3 nitrogen and oxygen atoms in total. The van der Waals surface area contributed by atoms with Crippen LogP contribution in [0.15, 0.2) is 18.2 Å². The monoisotopic (exact) mass is 234 g/mol. The second kappa shape index (κ2) is 5.61. The smallest absolute Gasteiger partial charge is 0.0565 e. The zero-order valence-corrected chi connectivity index (χ0v) is 10.9. The van der Waals surface area contributed by atoms with E-state index in [1.165, 1.54) is 0 Å². The largest absolute Gasteiger partial charge is 0.375 e. The number of nitrogens with zero attached hydrogens (tertiary/aromatic N) is 1. The van der Waals surface area contributed by atoms with Gasteiger partial charge in [-0.25, -0.2) is 0 Å². The summed E-state index contributed by atoms with van der Waals surface area (Å²) < 4.78 is 5.73. The van der Waals surface area contributed by atoms with E-state index in [-0.39, 0.29) is 0 Å². The van der Waals surface area contributed by atoms with Crippen LogP contribution in [0.2, 0.25) is 0 Å². The third-order valence-electron chi connectivity index (χ3n) is 3.22. The van der Waals surface area contributed by atoms with Gasteiger partial charge in [-0.3, -0.25) is 4.98 Å². The first kappa shape index (κ1) is 12.5. The van der Waals surface area contributed by atoms with E-state index in [2.05, 4.69) is 36.3 Å². The Morgan fingerprint density at radius 3 is 2.65 bits per heavy atom. The average Bonchev–Trinajstić information content (AvgIpc) is 2.25. The standard InChI is InChI=1S/C14H22N2O/c1-10-5-4-6-13(16-10)9-15-14-7-11(2)17-12(3)8-14/h4-6,11-12,14-15H,7-9H2,1-3H3. The summed E-state index contributed by atoms with van der Waals surface area (Å²) in [6, 6.07) is 6.72. The minimum absolute atomic E-state index is 0.363. The summed E-state index contributed by atoms with van der Waals surface area (Å²) in [5, 5.41) is 3.58. The van der Waals surface area contributed by atoms with Crippen LogP contribution in [-0.4, -0.2) is 23.2 Å². The van der Waals surface area contributed by atoms with Gasteiger partial charge < -0.3 is 10.1 Å². The van der Waals surface area contributed by atoms with Crippen molar-refractivity contribution in [3.63, 3.8) is 0 Å². The highest BCUT2D eigenvalue weighted by molar-refractivity contribution is 5.09. The normalized spacial score (nSPS) is 29.2. The Labute approximate surface area is 104 Å². The van der Waals surface area contributed by atoms with Crippen LogP contribution in [0.1, 0.15) is 38.1 Å². The van der Waals surface area contributed by atoms with Gasteiger partial charge in [-0.1, -0.05) is 6.07 Å². The molecule has 2 heterocycles. The Balaban J connectivity index is 1.85. The number of pyridine rings is 1. The molecule has 1 saturated heterocycles. The SMILES string of the molecule is Cc1cccc(CNC2CC(C)OC(C)C2)n1. The Morgan fingerprint density at radius 1 is 1.29 bits per heavy atom. The molecule has 1 N–H and O–H groups in total. The van der Waals surface area contributed by atoms with Crippen LogP contribution in [0.25, 0.3) is 0 Å². The molecular weight excluding hydrogens is 212 g/mol. The summed E-state index contributed by atoms with van der Waals surface area (Å²) in [6.07, 6.45) is 2.91. The van der Waals surface area contributed by atoms with Gasteiger partial charge in [0, 0.05) is 18.3 Å². The minimum atomic E-state index is 0.363. The number of hydrogen-bond acceptors (Lipinski definition) is 3. The van der Waals surface area contributed by atoms with Crippen LogP contribution in [0, 0.1) is 6.92 Å². The molecule has 0 saturated carbocycles. The number of nitrogens with one attached hydrogen (secondary N) is 1. The molecule has 0 aliphatic carbocycles. The van der Waals surface area contributed by atoms with E-state index in [1.54, 1.807) is 0 Å². The molecule has 0 amide bonds. The Morgan fingerprint density at radius 2 is 2.00 bits per heavy atom. The minimum Gasteiger partial charge on any atom is -0.375 e. The van der Waals surface area contributed by atoms with Crippen molar-refractivity contribution in [1.82, 2.24) is 10.3 Å². The molecule has 1 aromatic heterocycles. The molecule has 1 aliphatic rings. The summed E-state index contributed by atoms with van der Waals surface area (Å²) >= 11 is 0. The molecule has 3 heteroatoms. The number of rotatable bonds is 3. The second-order valence-electron chi connectivity index (χ2n) is 5.08. The van der Waals surface area contributed by atoms with Gasteiger partial charge in [0.05, 0.1) is 17.9 Å². The lowest BCUT2D eigenvalue weighted by Gasteiger charge is -2.32. The first-order valence-electron chi connectivity index (χ1n) is 6.45. The van der Waals surface area contributed by atoms with Crippen LogP contribution in [0.4, 0.5) is 0 Å². The molecular formula is C14H22N2O. The molecule has 2 atom stereocenters. The topological polar surface area (TPSA) is 34.1 Å². The van der Waals surface area contributed by atoms with Crippen molar-refractivity contribution < 1.29 is 4.74 Å². The van der Waals surface area contributed by atoms with Gasteiger partial charge in [0.25, 0.3) is 0 Å². The zero-order chi connectivity index (χ0) is 12.3. The van der Waals surface area contributed by atoms with E-state index in [1.807, 2.05) is 13.0 Å². The van der Waals surface area contributed by atoms with Crippen molar-refractivity contribution in [3.05, 3.63) is 29.6 Å². The van der Waals surface area contributed by atoms with Gasteiger partial charge in [-0.05, 0) is 45.7 Å². The van der Waals surface area contributed by atoms with E-state index < -0.39 is 0 Å². The Kier molecular flexibility index (Phi) is 4.13. The highest BCUT2D eigenvalue weighted by Gasteiger charge is 2.23. The van der Waals surface area contributed by atoms with Crippen LogP contribution >= 0.6 is 0 Å². The van der Waals surface area contributed by atoms with Gasteiger partial charge >= 0.3 is 0 Å².